The predicted molar refractivity (Wildman–Crippen MR) is 82.4 cm³/mol. The van der Waals surface area contributed by atoms with Crippen LogP contribution >= 0.6 is 11.3 Å². The molecule has 2 N–H and O–H groups in total. The number of thiazole rings is 1. The van der Waals surface area contributed by atoms with Crippen molar-refractivity contribution in [2.75, 3.05) is 5.73 Å². The Kier molecular flexibility index (Phi) is 4.10. The van der Waals surface area contributed by atoms with E-state index in [1.54, 1.807) is 6.92 Å². The largest absolute Gasteiger partial charge is 0.389 e. The van der Waals surface area contributed by atoms with Gasteiger partial charge in [0.15, 0.2) is 17.4 Å². The Morgan fingerprint density at radius 2 is 2.14 bits per heavy atom. The molecule has 0 amide bonds. The molecular formula is C14H13N5O2S. The van der Waals surface area contributed by atoms with Gasteiger partial charge in [-0.15, -0.1) is 11.3 Å². The van der Waals surface area contributed by atoms with Crippen molar-refractivity contribution in [3.63, 3.8) is 0 Å². The van der Waals surface area contributed by atoms with Crippen molar-refractivity contribution in [1.29, 1.82) is 0 Å². The lowest BCUT2D eigenvalue weighted by Gasteiger charge is -2.04. The molecule has 3 rings (SSSR count). The van der Waals surface area contributed by atoms with Crippen LogP contribution in [0, 0.1) is 6.92 Å². The summed E-state index contributed by atoms with van der Waals surface area (Å²) in [5.41, 5.74) is 8.92. The van der Waals surface area contributed by atoms with Crippen LogP contribution in [0.1, 0.15) is 22.6 Å². The van der Waals surface area contributed by atoms with Crippen LogP contribution in [0.25, 0.3) is 0 Å². The Morgan fingerprint density at radius 3 is 2.77 bits per heavy atom. The molecule has 0 unspecified atom stereocenters. The van der Waals surface area contributed by atoms with Crippen LogP contribution in [0.15, 0.2) is 45.5 Å². The molecule has 3 aromatic rings. The van der Waals surface area contributed by atoms with Crippen LogP contribution in [0.2, 0.25) is 0 Å². The summed E-state index contributed by atoms with van der Waals surface area (Å²) in [7, 11) is 0. The molecule has 7 nitrogen and oxygen atoms in total. The third-order valence-electron chi connectivity index (χ3n) is 2.86. The molecule has 0 aliphatic heterocycles. The van der Waals surface area contributed by atoms with Gasteiger partial charge in [-0.2, -0.15) is 0 Å². The second kappa shape index (κ2) is 6.35. The van der Waals surface area contributed by atoms with Gasteiger partial charge in [0.2, 0.25) is 0 Å². The molecule has 0 aliphatic carbocycles. The van der Waals surface area contributed by atoms with E-state index in [0.717, 1.165) is 11.3 Å². The lowest BCUT2D eigenvalue weighted by atomic mass is 10.1. The number of anilines is 1. The highest BCUT2D eigenvalue weighted by Crippen LogP contribution is 2.14. The van der Waals surface area contributed by atoms with E-state index >= 15 is 0 Å². The Morgan fingerprint density at radius 1 is 1.32 bits per heavy atom. The highest BCUT2D eigenvalue weighted by atomic mass is 32.1. The summed E-state index contributed by atoms with van der Waals surface area (Å²) in [6.45, 7) is 2.03. The molecule has 1 aromatic carbocycles. The number of benzene rings is 1. The standard InChI is InChI=1S/C14H13N5O2S/c1-9-12(19-21-17-9)13(10-5-3-2-4-6-10)18-20-7-11-8-22-14(15)16-11/h2-6,8H,7H2,1H3,(H2,15,16)/b18-13-. The average Bonchev–Trinajstić information content (AvgIpc) is 3.13. The maximum absolute atomic E-state index is 5.58. The highest BCUT2D eigenvalue weighted by molar-refractivity contribution is 7.13. The summed E-state index contributed by atoms with van der Waals surface area (Å²) in [6, 6.07) is 9.58. The monoisotopic (exact) mass is 315 g/mol. The van der Waals surface area contributed by atoms with Crippen LogP contribution < -0.4 is 5.73 Å². The van der Waals surface area contributed by atoms with Crippen molar-refractivity contribution in [2.45, 2.75) is 13.5 Å². The first kappa shape index (κ1) is 14.2. The van der Waals surface area contributed by atoms with E-state index in [9.17, 15) is 0 Å². The van der Waals surface area contributed by atoms with Gasteiger partial charge in [-0.05, 0) is 12.1 Å². The fourth-order valence-electron chi connectivity index (χ4n) is 1.83. The van der Waals surface area contributed by atoms with Crippen molar-refractivity contribution < 1.29 is 9.47 Å². The van der Waals surface area contributed by atoms with Gasteiger partial charge in [0.05, 0.1) is 5.69 Å². The van der Waals surface area contributed by atoms with E-state index < -0.39 is 0 Å². The quantitative estimate of drug-likeness (QED) is 0.573. The fraction of sp³-hybridized carbons (Fsp3) is 0.143. The van der Waals surface area contributed by atoms with Gasteiger partial charge in [-0.25, -0.2) is 9.61 Å². The molecule has 2 aromatic heterocycles. The Hall–Kier alpha value is -2.74. The van der Waals surface area contributed by atoms with Crippen molar-refractivity contribution in [2.24, 2.45) is 5.16 Å². The van der Waals surface area contributed by atoms with Gasteiger partial charge < -0.3 is 10.6 Å². The van der Waals surface area contributed by atoms with Gasteiger partial charge >= 0.3 is 0 Å². The molecule has 0 spiro atoms. The number of hydrogen-bond acceptors (Lipinski definition) is 8. The zero-order valence-corrected chi connectivity index (χ0v) is 12.6. The van der Waals surface area contributed by atoms with Gasteiger partial charge in [0.25, 0.3) is 0 Å². The SMILES string of the molecule is Cc1nonc1/C(=N\OCc1csc(N)n1)c1ccccc1. The van der Waals surface area contributed by atoms with Crippen LogP contribution in [-0.4, -0.2) is 21.0 Å². The number of oxime groups is 1. The number of rotatable bonds is 5. The van der Waals surface area contributed by atoms with E-state index in [1.165, 1.54) is 11.3 Å². The van der Waals surface area contributed by atoms with E-state index in [2.05, 4.69) is 20.5 Å². The maximum atomic E-state index is 5.58. The zero-order chi connectivity index (χ0) is 15.4. The van der Waals surface area contributed by atoms with Crippen LogP contribution in [0.4, 0.5) is 5.13 Å². The summed E-state index contributed by atoms with van der Waals surface area (Å²) < 4.78 is 4.75. The van der Waals surface area contributed by atoms with Crippen LogP contribution in [-0.2, 0) is 11.4 Å². The van der Waals surface area contributed by atoms with Gasteiger partial charge in [-0.1, -0.05) is 40.6 Å². The Labute approximate surface area is 130 Å². The summed E-state index contributed by atoms with van der Waals surface area (Å²) in [6.07, 6.45) is 0. The molecule has 0 atom stereocenters. The lowest BCUT2D eigenvalue weighted by Crippen LogP contribution is -2.07. The minimum Gasteiger partial charge on any atom is -0.389 e. The van der Waals surface area contributed by atoms with E-state index in [1.807, 2.05) is 35.7 Å². The molecule has 0 aliphatic rings. The molecule has 0 radical (unpaired) electrons. The number of nitrogen functional groups attached to an aromatic ring is 1. The molecule has 0 saturated carbocycles. The molecule has 0 fully saturated rings. The number of aromatic nitrogens is 3. The first-order valence-electron chi connectivity index (χ1n) is 6.49. The third kappa shape index (κ3) is 3.12. The van der Waals surface area contributed by atoms with Crippen molar-refractivity contribution >= 4 is 22.2 Å². The Balaban J connectivity index is 1.85. The van der Waals surface area contributed by atoms with Crippen LogP contribution in [0.3, 0.4) is 0 Å². The summed E-state index contributed by atoms with van der Waals surface area (Å²) >= 11 is 1.36. The van der Waals surface area contributed by atoms with E-state index in [4.69, 9.17) is 15.2 Å². The average molecular weight is 315 g/mol. The van der Waals surface area contributed by atoms with Gasteiger partial charge in [0.1, 0.15) is 11.4 Å². The van der Waals surface area contributed by atoms with Crippen molar-refractivity contribution in [1.82, 2.24) is 15.3 Å². The van der Waals surface area contributed by atoms with Gasteiger partial charge in [-0.3, -0.25) is 0 Å². The number of nitrogens with two attached hydrogens (primary N) is 1. The maximum Gasteiger partial charge on any atom is 0.180 e. The molecule has 0 saturated heterocycles. The Bertz CT molecular complexity index is 781. The number of nitrogens with zero attached hydrogens (tertiary/aromatic N) is 4. The summed E-state index contributed by atoms with van der Waals surface area (Å²) in [5.74, 6) is 0. The molecule has 112 valence electrons. The van der Waals surface area contributed by atoms with E-state index in [0.29, 0.717) is 22.2 Å². The van der Waals surface area contributed by atoms with Crippen molar-refractivity contribution in [3.8, 4) is 0 Å². The summed E-state index contributed by atoms with van der Waals surface area (Å²) in [5, 5.41) is 14.2. The molecular weight excluding hydrogens is 302 g/mol. The third-order valence-corrected chi connectivity index (χ3v) is 3.58. The molecule has 0 bridgehead atoms. The number of hydrogen-bond donors (Lipinski definition) is 1. The minimum atomic E-state index is 0.231. The topological polar surface area (TPSA) is 99.4 Å². The first-order valence-corrected chi connectivity index (χ1v) is 7.37. The molecule has 22 heavy (non-hydrogen) atoms. The second-order valence-electron chi connectivity index (χ2n) is 4.45. The fourth-order valence-corrected chi connectivity index (χ4v) is 2.37. The predicted octanol–water partition coefficient (Wildman–Crippen LogP) is 2.39. The minimum absolute atomic E-state index is 0.231. The summed E-state index contributed by atoms with van der Waals surface area (Å²) in [4.78, 5) is 9.51. The van der Waals surface area contributed by atoms with Crippen LogP contribution in [0.5, 0.6) is 0 Å². The normalized spacial score (nSPS) is 11.6. The molecule has 8 heteroatoms. The smallest absolute Gasteiger partial charge is 0.180 e. The lowest BCUT2D eigenvalue weighted by molar-refractivity contribution is 0.128. The van der Waals surface area contributed by atoms with Crippen molar-refractivity contribution in [3.05, 3.63) is 58.4 Å². The second-order valence-corrected chi connectivity index (χ2v) is 5.34. The first-order chi connectivity index (χ1) is 10.7. The highest BCUT2D eigenvalue weighted by Gasteiger charge is 2.16. The zero-order valence-electron chi connectivity index (χ0n) is 11.8. The van der Waals surface area contributed by atoms with E-state index in [-0.39, 0.29) is 6.61 Å². The van der Waals surface area contributed by atoms with Gasteiger partial charge in [0, 0.05) is 10.9 Å². The number of aryl methyl sites for hydroxylation is 1. The molecule has 2 heterocycles.